The van der Waals surface area contributed by atoms with E-state index in [1.165, 1.54) is 16.3 Å². The third kappa shape index (κ3) is 4.39. The van der Waals surface area contributed by atoms with Crippen molar-refractivity contribution in [2.75, 3.05) is 6.61 Å². The average molecular weight is 406 g/mol. The summed E-state index contributed by atoms with van der Waals surface area (Å²) in [6, 6.07) is 25.1. The number of pyridine rings is 2. The molecular formula is C27H23N3O. The summed E-state index contributed by atoms with van der Waals surface area (Å²) in [4.78, 5) is 8.53. The maximum absolute atomic E-state index is 6.36. The highest BCUT2D eigenvalue weighted by Gasteiger charge is 2.08. The zero-order chi connectivity index (χ0) is 21.0. The number of hydrogen-bond acceptors (Lipinski definition) is 4. The third-order valence-electron chi connectivity index (χ3n) is 5.46. The minimum Gasteiger partial charge on any atom is -0.490 e. The van der Waals surface area contributed by atoms with Gasteiger partial charge in [-0.15, -0.1) is 0 Å². The lowest BCUT2D eigenvalue weighted by Crippen LogP contribution is -2.30. The van der Waals surface area contributed by atoms with Crippen LogP contribution in [0.2, 0.25) is 0 Å². The number of benzene rings is 3. The molecule has 152 valence electrons. The molecule has 1 atom stereocenters. The van der Waals surface area contributed by atoms with Crippen molar-refractivity contribution in [1.29, 1.82) is 0 Å². The molecule has 5 aromatic rings. The first kappa shape index (κ1) is 19.2. The second-order valence-electron chi connectivity index (χ2n) is 7.80. The second-order valence-corrected chi connectivity index (χ2v) is 7.80. The number of hydrogen-bond donors (Lipinski definition) is 1. The van der Waals surface area contributed by atoms with Crippen molar-refractivity contribution in [3.8, 4) is 16.9 Å². The number of aromatic nitrogens is 2. The fourth-order valence-electron chi connectivity index (χ4n) is 3.85. The van der Waals surface area contributed by atoms with Crippen molar-refractivity contribution in [2.45, 2.75) is 12.5 Å². The Kier molecular flexibility index (Phi) is 5.29. The van der Waals surface area contributed by atoms with Gasteiger partial charge in [0, 0.05) is 35.6 Å². The van der Waals surface area contributed by atoms with Gasteiger partial charge in [-0.25, -0.2) is 0 Å². The Bertz CT molecular complexity index is 1350. The Labute approximate surface area is 181 Å². The van der Waals surface area contributed by atoms with E-state index in [2.05, 4.69) is 70.6 Å². The highest BCUT2D eigenvalue weighted by Crippen LogP contribution is 2.26. The van der Waals surface area contributed by atoms with E-state index in [1.807, 2.05) is 24.5 Å². The number of nitrogens with two attached hydrogens (primary N) is 1. The van der Waals surface area contributed by atoms with E-state index in [4.69, 9.17) is 10.5 Å². The normalized spacial score (nSPS) is 12.2. The molecule has 0 saturated carbocycles. The van der Waals surface area contributed by atoms with Crippen LogP contribution in [0.15, 0.2) is 97.6 Å². The first-order valence-corrected chi connectivity index (χ1v) is 10.4. The van der Waals surface area contributed by atoms with Gasteiger partial charge in [-0.3, -0.25) is 9.97 Å². The molecule has 4 nitrogen and oxygen atoms in total. The van der Waals surface area contributed by atoms with Crippen molar-refractivity contribution in [2.24, 2.45) is 5.73 Å². The van der Waals surface area contributed by atoms with Crippen molar-refractivity contribution in [3.05, 3.63) is 103 Å². The minimum atomic E-state index is -0.0991. The molecule has 0 unspecified atom stereocenters. The molecule has 5 rings (SSSR count). The molecule has 0 spiro atoms. The minimum absolute atomic E-state index is 0.0991. The Morgan fingerprint density at radius 3 is 2.48 bits per heavy atom. The number of ether oxygens (including phenoxy) is 1. The van der Waals surface area contributed by atoms with E-state index >= 15 is 0 Å². The molecule has 0 radical (unpaired) electrons. The Morgan fingerprint density at radius 2 is 1.55 bits per heavy atom. The average Bonchev–Trinajstić information content (AvgIpc) is 2.82. The van der Waals surface area contributed by atoms with Crippen molar-refractivity contribution in [3.63, 3.8) is 0 Å². The van der Waals surface area contributed by atoms with E-state index in [-0.39, 0.29) is 6.04 Å². The first-order chi connectivity index (χ1) is 15.2. The van der Waals surface area contributed by atoms with Crippen molar-refractivity contribution < 1.29 is 4.74 Å². The van der Waals surface area contributed by atoms with Crippen molar-refractivity contribution in [1.82, 2.24) is 9.97 Å². The van der Waals surface area contributed by atoms with Crippen LogP contribution < -0.4 is 10.5 Å². The molecular weight excluding hydrogens is 382 g/mol. The van der Waals surface area contributed by atoms with Crippen LogP contribution in [0, 0.1) is 0 Å². The van der Waals surface area contributed by atoms with Gasteiger partial charge in [0.15, 0.2) is 0 Å². The van der Waals surface area contributed by atoms with Crippen LogP contribution in [0.25, 0.3) is 32.7 Å². The SMILES string of the molecule is N[C@H](COc1cncc(-c2ccc3cnccc3c2)c1)Cc1ccc2ccccc2c1. The lowest BCUT2D eigenvalue weighted by Gasteiger charge is -2.14. The number of nitrogens with zero attached hydrogens (tertiary/aromatic N) is 2. The number of rotatable bonds is 6. The van der Waals surface area contributed by atoms with Crippen molar-refractivity contribution >= 4 is 21.5 Å². The van der Waals surface area contributed by atoms with Crippen LogP contribution >= 0.6 is 0 Å². The van der Waals surface area contributed by atoms with E-state index < -0.39 is 0 Å². The molecule has 2 N–H and O–H groups in total. The molecule has 0 bridgehead atoms. The van der Waals surface area contributed by atoms with E-state index in [1.54, 1.807) is 12.4 Å². The first-order valence-electron chi connectivity index (χ1n) is 10.4. The van der Waals surface area contributed by atoms with Gasteiger partial charge in [0.1, 0.15) is 12.4 Å². The monoisotopic (exact) mass is 405 g/mol. The van der Waals surface area contributed by atoms with Gasteiger partial charge >= 0.3 is 0 Å². The molecule has 0 aliphatic heterocycles. The lowest BCUT2D eigenvalue weighted by atomic mass is 10.0. The smallest absolute Gasteiger partial charge is 0.138 e. The third-order valence-corrected chi connectivity index (χ3v) is 5.46. The highest BCUT2D eigenvalue weighted by molar-refractivity contribution is 5.86. The topological polar surface area (TPSA) is 61.0 Å². The Morgan fingerprint density at radius 1 is 0.710 bits per heavy atom. The summed E-state index contributed by atoms with van der Waals surface area (Å²) in [5.41, 5.74) is 9.68. The van der Waals surface area contributed by atoms with Gasteiger partial charge in [0.25, 0.3) is 0 Å². The zero-order valence-electron chi connectivity index (χ0n) is 17.1. The predicted octanol–water partition coefficient (Wildman–Crippen LogP) is 5.40. The van der Waals surface area contributed by atoms with Gasteiger partial charge in [-0.05, 0) is 51.9 Å². The molecule has 0 fully saturated rings. The lowest BCUT2D eigenvalue weighted by molar-refractivity contribution is 0.287. The van der Waals surface area contributed by atoms with Gasteiger partial charge in [0.2, 0.25) is 0 Å². The highest BCUT2D eigenvalue weighted by atomic mass is 16.5. The van der Waals surface area contributed by atoms with Crippen LogP contribution in [0.4, 0.5) is 0 Å². The molecule has 2 aromatic heterocycles. The van der Waals surface area contributed by atoms with Crippen LogP contribution in [-0.4, -0.2) is 22.6 Å². The van der Waals surface area contributed by atoms with Crippen LogP contribution in [0.5, 0.6) is 5.75 Å². The van der Waals surface area contributed by atoms with Gasteiger partial charge in [-0.2, -0.15) is 0 Å². The summed E-state index contributed by atoms with van der Waals surface area (Å²) < 4.78 is 5.98. The summed E-state index contributed by atoms with van der Waals surface area (Å²) in [7, 11) is 0. The standard InChI is InChI=1S/C27H23N3O/c28-26(12-19-5-6-20-3-1-2-4-21(20)11-19)18-31-27-14-25(16-30-17-27)22-7-8-24-15-29-10-9-23(24)13-22/h1-11,13-17,26H,12,18,28H2/t26-/m0/s1. The molecule has 0 aliphatic carbocycles. The number of fused-ring (bicyclic) bond motifs is 2. The maximum atomic E-state index is 6.36. The second kappa shape index (κ2) is 8.54. The molecule has 2 heterocycles. The van der Waals surface area contributed by atoms with E-state index in [0.29, 0.717) is 6.61 Å². The molecule has 0 saturated heterocycles. The predicted molar refractivity (Wildman–Crippen MR) is 126 cm³/mol. The molecule has 0 aliphatic rings. The summed E-state index contributed by atoms with van der Waals surface area (Å²) in [6.45, 7) is 0.432. The van der Waals surface area contributed by atoms with Gasteiger partial charge in [-0.1, -0.05) is 54.6 Å². The Balaban J connectivity index is 1.26. The molecule has 4 heteroatoms. The zero-order valence-corrected chi connectivity index (χ0v) is 17.1. The van der Waals surface area contributed by atoms with Crippen LogP contribution in [0.1, 0.15) is 5.56 Å². The maximum Gasteiger partial charge on any atom is 0.138 e. The van der Waals surface area contributed by atoms with Gasteiger partial charge < -0.3 is 10.5 Å². The van der Waals surface area contributed by atoms with Crippen LogP contribution in [0.3, 0.4) is 0 Å². The summed E-state index contributed by atoms with van der Waals surface area (Å²) in [5.74, 6) is 0.723. The summed E-state index contributed by atoms with van der Waals surface area (Å²) >= 11 is 0. The molecule has 31 heavy (non-hydrogen) atoms. The fraction of sp³-hybridized carbons (Fsp3) is 0.111. The van der Waals surface area contributed by atoms with Crippen LogP contribution in [-0.2, 0) is 6.42 Å². The molecule has 3 aromatic carbocycles. The quantitative estimate of drug-likeness (QED) is 0.411. The van der Waals surface area contributed by atoms with E-state index in [0.717, 1.165) is 34.1 Å². The van der Waals surface area contributed by atoms with Gasteiger partial charge in [0.05, 0.1) is 6.20 Å². The summed E-state index contributed by atoms with van der Waals surface area (Å²) in [6.07, 6.45) is 8.02. The summed E-state index contributed by atoms with van der Waals surface area (Å²) in [5, 5.41) is 4.74. The fourth-order valence-corrected chi connectivity index (χ4v) is 3.85. The van der Waals surface area contributed by atoms with E-state index in [9.17, 15) is 0 Å². The Hall–Kier alpha value is -3.76. The molecule has 0 amide bonds. The largest absolute Gasteiger partial charge is 0.490 e.